The van der Waals surface area contributed by atoms with Crippen molar-refractivity contribution in [1.29, 1.82) is 0 Å². The van der Waals surface area contributed by atoms with Gasteiger partial charge in [-0.05, 0) is 37.7 Å². The second-order valence-corrected chi connectivity index (χ2v) is 8.14. The van der Waals surface area contributed by atoms with Gasteiger partial charge in [-0.25, -0.2) is 13.1 Å². The van der Waals surface area contributed by atoms with Crippen molar-refractivity contribution >= 4 is 15.7 Å². The molecule has 1 N–H and O–H groups in total. The second-order valence-electron chi connectivity index (χ2n) is 6.43. The smallest absolute Gasteiger partial charge is 0.258 e. The number of benzene rings is 1. The minimum Gasteiger partial charge on any atom is -0.258 e. The normalized spacial score (nSPS) is 21.4. The Kier molecular flexibility index (Phi) is 4.08. The molecule has 1 atom stereocenters. The van der Waals surface area contributed by atoms with Crippen molar-refractivity contribution in [3.8, 4) is 0 Å². The molecule has 0 bridgehead atoms. The van der Waals surface area contributed by atoms with Crippen LogP contribution in [0.3, 0.4) is 0 Å². The summed E-state index contributed by atoms with van der Waals surface area (Å²) in [6.07, 6.45) is 2.54. The summed E-state index contributed by atoms with van der Waals surface area (Å²) >= 11 is 0. The number of nitrogens with zero attached hydrogens (tertiary/aromatic N) is 1. The largest absolute Gasteiger partial charge is 0.273 e. The molecule has 7 heteroatoms. The summed E-state index contributed by atoms with van der Waals surface area (Å²) in [6, 6.07) is 3.89. The van der Waals surface area contributed by atoms with Crippen molar-refractivity contribution < 1.29 is 13.3 Å². The molecule has 0 radical (unpaired) electrons. The molecule has 1 saturated carbocycles. The molecular formula is C14H20N2O4S. The third-order valence-electron chi connectivity index (χ3n) is 3.98. The van der Waals surface area contributed by atoms with Gasteiger partial charge in [0, 0.05) is 17.7 Å². The molecule has 1 aromatic carbocycles. The molecule has 1 aromatic rings. The fourth-order valence-corrected chi connectivity index (χ4v) is 4.07. The lowest BCUT2D eigenvalue weighted by molar-refractivity contribution is -0.385. The Hall–Kier alpha value is -1.47. The van der Waals surface area contributed by atoms with Crippen LogP contribution in [0.25, 0.3) is 0 Å². The first-order valence-corrected chi connectivity index (χ1v) is 8.36. The minimum absolute atomic E-state index is 0.0514. The van der Waals surface area contributed by atoms with Crippen LogP contribution in [0, 0.1) is 22.5 Å². The number of nitrogens with one attached hydrogen (secondary N) is 1. The van der Waals surface area contributed by atoms with Gasteiger partial charge in [-0.15, -0.1) is 0 Å². The maximum absolute atomic E-state index is 12.4. The molecule has 2 rings (SSSR count). The van der Waals surface area contributed by atoms with E-state index in [0.717, 1.165) is 25.3 Å². The molecule has 6 nitrogen and oxygen atoms in total. The fraction of sp³-hybridized carbons (Fsp3) is 0.571. The third-order valence-corrected chi connectivity index (χ3v) is 5.50. The SMILES string of the molecule is Cc1ccc(S(=O)(=O)NC2CCC(C)(C)C2)cc1[N+](=O)[O-]. The Labute approximate surface area is 124 Å². The van der Waals surface area contributed by atoms with E-state index in [4.69, 9.17) is 0 Å². The number of rotatable bonds is 4. The zero-order chi connectivity index (χ0) is 15.8. The van der Waals surface area contributed by atoms with Crippen LogP contribution in [0.1, 0.15) is 38.7 Å². The van der Waals surface area contributed by atoms with Gasteiger partial charge in [0.2, 0.25) is 10.0 Å². The number of aryl methyl sites for hydroxylation is 1. The monoisotopic (exact) mass is 312 g/mol. The highest BCUT2D eigenvalue weighted by Gasteiger charge is 2.33. The van der Waals surface area contributed by atoms with Crippen LogP contribution in [0.5, 0.6) is 0 Å². The lowest BCUT2D eigenvalue weighted by atomic mass is 9.92. The molecule has 0 amide bonds. The summed E-state index contributed by atoms with van der Waals surface area (Å²) in [6.45, 7) is 5.80. The first-order chi connectivity index (χ1) is 9.61. The minimum atomic E-state index is -3.72. The van der Waals surface area contributed by atoms with Gasteiger partial charge in [-0.2, -0.15) is 0 Å². The molecule has 0 saturated heterocycles. The van der Waals surface area contributed by atoms with Crippen LogP contribution in [0.15, 0.2) is 23.1 Å². The topological polar surface area (TPSA) is 89.3 Å². The van der Waals surface area contributed by atoms with E-state index in [1.165, 1.54) is 12.1 Å². The van der Waals surface area contributed by atoms with E-state index in [-0.39, 0.29) is 22.0 Å². The highest BCUT2D eigenvalue weighted by molar-refractivity contribution is 7.89. The average Bonchev–Trinajstić information content (AvgIpc) is 2.67. The van der Waals surface area contributed by atoms with Gasteiger partial charge in [-0.1, -0.05) is 19.9 Å². The van der Waals surface area contributed by atoms with Crippen molar-refractivity contribution in [3.05, 3.63) is 33.9 Å². The van der Waals surface area contributed by atoms with E-state index in [9.17, 15) is 18.5 Å². The molecule has 0 spiro atoms. The van der Waals surface area contributed by atoms with Gasteiger partial charge < -0.3 is 0 Å². The zero-order valence-electron chi connectivity index (χ0n) is 12.4. The van der Waals surface area contributed by atoms with Crippen molar-refractivity contribution in [1.82, 2.24) is 4.72 Å². The van der Waals surface area contributed by atoms with Crippen molar-refractivity contribution in [2.45, 2.75) is 51.0 Å². The lowest BCUT2D eigenvalue weighted by Crippen LogP contribution is -2.33. The molecule has 0 heterocycles. The zero-order valence-corrected chi connectivity index (χ0v) is 13.2. The summed E-state index contributed by atoms with van der Waals surface area (Å²) in [5.41, 5.74) is 0.400. The van der Waals surface area contributed by atoms with Crippen molar-refractivity contribution in [2.24, 2.45) is 5.41 Å². The molecule has 0 aromatic heterocycles. The van der Waals surface area contributed by atoms with E-state index < -0.39 is 14.9 Å². The standard InChI is InChI=1S/C14H20N2O4S/c1-10-4-5-12(8-13(10)16(17)18)21(19,20)15-11-6-7-14(2,3)9-11/h4-5,8,11,15H,6-7,9H2,1-3H3. The Bertz CT molecular complexity index is 668. The molecule has 21 heavy (non-hydrogen) atoms. The van der Waals surface area contributed by atoms with Gasteiger partial charge in [-0.3, -0.25) is 10.1 Å². The van der Waals surface area contributed by atoms with Crippen molar-refractivity contribution in [2.75, 3.05) is 0 Å². The van der Waals surface area contributed by atoms with Gasteiger partial charge >= 0.3 is 0 Å². The van der Waals surface area contributed by atoms with Crippen LogP contribution >= 0.6 is 0 Å². The second kappa shape index (κ2) is 5.38. The predicted molar refractivity (Wildman–Crippen MR) is 79.6 cm³/mol. The maximum Gasteiger partial charge on any atom is 0.273 e. The highest BCUT2D eigenvalue weighted by atomic mass is 32.2. The van der Waals surface area contributed by atoms with E-state index >= 15 is 0 Å². The van der Waals surface area contributed by atoms with E-state index in [1.54, 1.807) is 6.92 Å². The van der Waals surface area contributed by atoms with E-state index in [2.05, 4.69) is 18.6 Å². The van der Waals surface area contributed by atoms with Gasteiger partial charge in [0.25, 0.3) is 5.69 Å². The number of hydrogen-bond donors (Lipinski definition) is 1. The van der Waals surface area contributed by atoms with E-state index in [0.29, 0.717) is 5.56 Å². The summed E-state index contributed by atoms with van der Waals surface area (Å²) < 4.78 is 27.4. The van der Waals surface area contributed by atoms with Gasteiger partial charge in [0.05, 0.1) is 9.82 Å². The van der Waals surface area contributed by atoms with E-state index in [1.807, 2.05) is 0 Å². The van der Waals surface area contributed by atoms with Crippen LogP contribution in [-0.4, -0.2) is 19.4 Å². The number of nitro groups is 1. The quantitative estimate of drug-likeness (QED) is 0.684. The summed E-state index contributed by atoms with van der Waals surface area (Å²) in [7, 11) is -3.72. The average molecular weight is 312 g/mol. The summed E-state index contributed by atoms with van der Waals surface area (Å²) in [4.78, 5) is 10.3. The lowest BCUT2D eigenvalue weighted by Gasteiger charge is -2.18. The first kappa shape index (κ1) is 15.9. The van der Waals surface area contributed by atoms with Crippen molar-refractivity contribution in [3.63, 3.8) is 0 Å². The Balaban J connectivity index is 2.24. The van der Waals surface area contributed by atoms with Gasteiger partial charge in [0.15, 0.2) is 0 Å². The maximum atomic E-state index is 12.4. The Morgan fingerprint density at radius 1 is 1.38 bits per heavy atom. The number of sulfonamides is 1. The third kappa shape index (κ3) is 3.59. The molecule has 0 aliphatic heterocycles. The fourth-order valence-electron chi connectivity index (χ4n) is 2.78. The molecule has 1 aliphatic rings. The number of hydrogen-bond acceptors (Lipinski definition) is 4. The molecule has 1 unspecified atom stereocenters. The van der Waals surface area contributed by atoms with Crippen LogP contribution in [0.2, 0.25) is 0 Å². The molecule has 1 aliphatic carbocycles. The molecule has 116 valence electrons. The predicted octanol–water partition coefficient (Wildman–Crippen LogP) is 2.76. The first-order valence-electron chi connectivity index (χ1n) is 6.88. The van der Waals surface area contributed by atoms with Crippen LogP contribution in [0.4, 0.5) is 5.69 Å². The van der Waals surface area contributed by atoms with Gasteiger partial charge in [0.1, 0.15) is 0 Å². The Morgan fingerprint density at radius 3 is 2.57 bits per heavy atom. The van der Waals surface area contributed by atoms with Crippen LogP contribution < -0.4 is 4.72 Å². The number of nitro benzene ring substituents is 1. The summed E-state index contributed by atoms with van der Waals surface area (Å²) in [5, 5.41) is 10.9. The highest BCUT2D eigenvalue weighted by Crippen LogP contribution is 2.37. The molecular weight excluding hydrogens is 292 g/mol. The summed E-state index contributed by atoms with van der Waals surface area (Å²) in [5.74, 6) is 0. The Morgan fingerprint density at radius 2 is 2.05 bits per heavy atom. The van der Waals surface area contributed by atoms with Crippen LogP contribution in [-0.2, 0) is 10.0 Å². The molecule has 1 fully saturated rings.